The highest BCUT2D eigenvalue weighted by molar-refractivity contribution is 5.96. The lowest BCUT2D eigenvalue weighted by Gasteiger charge is -2.04. The van der Waals surface area contributed by atoms with Gasteiger partial charge in [-0.2, -0.15) is 10.1 Å². The maximum absolute atomic E-state index is 12.9. The van der Waals surface area contributed by atoms with Gasteiger partial charge in [-0.15, -0.1) is 0 Å². The number of rotatable bonds is 7. The van der Waals surface area contributed by atoms with Crippen molar-refractivity contribution in [3.63, 3.8) is 0 Å². The smallest absolute Gasteiger partial charge is 0.342 e. The average molecular weight is 404 g/mol. The molecule has 0 aliphatic carbocycles. The molecule has 0 bridgehead atoms. The van der Waals surface area contributed by atoms with Crippen LogP contribution in [-0.4, -0.2) is 33.0 Å². The first-order valence-electron chi connectivity index (χ1n) is 9.46. The summed E-state index contributed by atoms with van der Waals surface area (Å²) in [6.45, 7) is 1.81. The van der Waals surface area contributed by atoms with Gasteiger partial charge < -0.3 is 14.0 Å². The van der Waals surface area contributed by atoms with Crippen molar-refractivity contribution in [3.05, 3.63) is 78.1 Å². The van der Waals surface area contributed by atoms with Crippen LogP contribution in [0.2, 0.25) is 0 Å². The largest absolute Gasteiger partial charge is 0.497 e. The van der Waals surface area contributed by atoms with E-state index in [0.717, 1.165) is 11.3 Å². The Morgan fingerprint density at radius 2 is 1.87 bits per heavy atom. The highest BCUT2D eigenvalue weighted by Gasteiger charge is 2.21. The van der Waals surface area contributed by atoms with Crippen LogP contribution in [0.5, 0.6) is 5.75 Å². The minimum Gasteiger partial charge on any atom is -0.497 e. The van der Waals surface area contributed by atoms with Crippen LogP contribution >= 0.6 is 0 Å². The van der Waals surface area contributed by atoms with Crippen LogP contribution < -0.4 is 4.74 Å². The zero-order chi connectivity index (χ0) is 20.9. The first-order valence-corrected chi connectivity index (χ1v) is 9.46. The second kappa shape index (κ2) is 8.60. The van der Waals surface area contributed by atoms with Gasteiger partial charge in [-0.1, -0.05) is 30.3 Å². The Balaban J connectivity index is 1.65. The van der Waals surface area contributed by atoms with E-state index in [9.17, 15) is 4.79 Å². The molecule has 0 spiro atoms. The van der Waals surface area contributed by atoms with Crippen molar-refractivity contribution in [2.45, 2.75) is 20.0 Å². The lowest BCUT2D eigenvalue weighted by Crippen LogP contribution is -2.06. The third kappa shape index (κ3) is 4.07. The van der Waals surface area contributed by atoms with Crippen molar-refractivity contribution < 1.29 is 18.8 Å². The topological polar surface area (TPSA) is 92.3 Å². The molecule has 8 nitrogen and oxygen atoms in total. The predicted molar refractivity (Wildman–Crippen MR) is 108 cm³/mol. The molecule has 2 heterocycles. The van der Waals surface area contributed by atoms with Gasteiger partial charge in [-0.25, -0.2) is 9.48 Å². The second-order valence-corrected chi connectivity index (χ2v) is 6.43. The molecule has 0 fully saturated rings. The van der Waals surface area contributed by atoms with Crippen molar-refractivity contribution >= 4 is 5.97 Å². The Morgan fingerprint density at radius 1 is 1.10 bits per heavy atom. The Morgan fingerprint density at radius 3 is 2.53 bits per heavy atom. The number of nitrogens with zero attached hydrogens (tertiary/aromatic N) is 4. The van der Waals surface area contributed by atoms with E-state index in [1.54, 1.807) is 18.0 Å². The third-order valence-corrected chi connectivity index (χ3v) is 4.47. The molecule has 2 aromatic heterocycles. The maximum atomic E-state index is 12.9. The van der Waals surface area contributed by atoms with E-state index in [-0.39, 0.29) is 12.5 Å². The maximum Gasteiger partial charge on any atom is 0.342 e. The summed E-state index contributed by atoms with van der Waals surface area (Å²) in [6, 6.07) is 16.9. The molecule has 4 aromatic rings. The molecular formula is C22H20N4O4. The normalized spacial score (nSPS) is 10.7. The van der Waals surface area contributed by atoms with Crippen LogP contribution in [-0.2, 0) is 17.8 Å². The van der Waals surface area contributed by atoms with Crippen molar-refractivity contribution in [2.24, 2.45) is 0 Å². The first kappa shape index (κ1) is 19.4. The highest BCUT2D eigenvalue weighted by Crippen LogP contribution is 2.26. The number of esters is 1. The lowest BCUT2D eigenvalue weighted by atomic mass is 10.1. The van der Waals surface area contributed by atoms with Crippen molar-refractivity contribution in [1.82, 2.24) is 19.9 Å². The fraction of sp³-hybridized carbons (Fsp3) is 0.182. The number of hydrogen-bond donors (Lipinski definition) is 0. The van der Waals surface area contributed by atoms with Crippen molar-refractivity contribution in [3.8, 4) is 22.7 Å². The number of aryl methyl sites for hydroxylation is 1. The third-order valence-electron chi connectivity index (χ3n) is 4.47. The van der Waals surface area contributed by atoms with E-state index in [4.69, 9.17) is 14.0 Å². The first-order chi connectivity index (χ1) is 14.7. The van der Waals surface area contributed by atoms with Crippen LogP contribution in [0.3, 0.4) is 0 Å². The molecule has 0 N–H and O–H groups in total. The molecule has 0 aliphatic rings. The number of hydrogen-bond acceptors (Lipinski definition) is 7. The van der Waals surface area contributed by atoms with Crippen LogP contribution in [0.15, 0.2) is 65.3 Å². The van der Waals surface area contributed by atoms with Gasteiger partial charge in [-0.3, -0.25) is 0 Å². The number of methoxy groups -OCH3 is 1. The fourth-order valence-electron chi connectivity index (χ4n) is 2.90. The SMILES string of the molecule is CCc1noc(COC(=O)c2cn(-c3ccccc3)nc2-c2ccc(OC)cc2)n1. The predicted octanol–water partition coefficient (Wildman–Crippen LogP) is 3.85. The summed E-state index contributed by atoms with van der Waals surface area (Å²) < 4.78 is 17.4. The van der Waals surface area contributed by atoms with Gasteiger partial charge >= 0.3 is 5.97 Å². The van der Waals surface area contributed by atoms with Gasteiger partial charge in [-0.05, 0) is 36.4 Å². The fourth-order valence-corrected chi connectivity index (χ4v) is 2.90. The van der Waals surface area contributed by atoms with E-state index < -0.39 is 5.97 Å². The summed E-state index contributed by atoms with van der Waals surface area (Å²) in [7, 11) is 1.60. The number of para-hydroxylation sites is 1. The molecule has 2 aromatic carbocycles. The van der Waals surface area contributed by atoms with Gasteiger partial charge in [0.15, 0.2) is 12.4 Å². The summed E-state index contributed by atoms with van der Waals surface area (Å²) in [4.78, 5) is 17.0. The molecule has 0 saturated carbocycles. The monoisotopic (exact) mass is 404 g/mol. The Hall–Kier alpha value is -3.94. The van der Waals surface area contributed by atoms with E-state index in [0.29, 0.717) is 29.3 Å². The van der Waals surface area contributed by atoms with E-state index in [1.165, 1.54) is 0 Å². The Bertz CT molecular complexity index is 1130. The number of benzene rings is 2. The van der Waals surface area contributed by atoms with E-state index in [2.05, 4.69) is 15.2 Å². The van der Waals surface area contributed by atoms with Crippen molar-refractivity contribution in [1.29, 1.82) is 0 Å². The summed E-state index contributed by atoms with van der Waals surface area (Å²) in [6.07, 6.45) is 2.30. The molecule has 0 unspecified atom stereocenters. The van der Waals surface area contributed by atoms with Crippen LogP contribution in [0.25, 0.3) is 16.9 Å². The van der Waals surface area contributed by atoms with E-state index in [1.807, 2.05) is 61.5 Å². The van der Waals surface area contributed by atoms with Crippen LogP contribution in [0.4, 0.5) is 0 Å². The van der Waals surface area contributed by atoms with Gasteiger partial charge in [0, 0.05) is 18.2 Å². The summed E-state index contributed by atoms with van der Waals surface area (Å²) in [5.74, 6) is 1.01. The van der Waals surface area contributed by atoms with Gasteiger partial charge in [0.25, 0.3) is 5.89 Å². The molecule has 0 radical (unpaired) electrons. The van der Waals surface area contributed by atoms with Gasteiger partial charge in [0.05, 0.1) is 12.8 Å². The summed E-state index contributed by atoms with van der Waals surface area (Å²) in [5.41, 5.74) is 2.44. The van der Waals surface area contributed by atoms with Crippen molar-refractivity contribution in [2.75, 3.05) is 7.11 Å². The highest BCUT2D eigenvalue weighted by atomic mass is 16.6. The molecule has 4 rings (SSSR count). The lowest BCUT2D eigenvalue weighted by molar-refractivity contribution is 0.0430. The number of carbonyl (C=O) groups is 1. The second-order valence-electron chi connectivity index (χ2n) is 6.43. The number of ether oxygens (including phenoxy) is 2. The zero-order valence-electron chi connectivity index (χ0n) is 16.6. The minimum absolute atomic E-state index is 0.107. The molecule has 0 aliphatic heterocycles. The number of aromatic nitrogens is 4. The molecule has 0 amide bonds. The van der Waals surface area contributed by atoms with Crippen LogP contribution in [0, 0.1) is 0 Å². The zero-order valence-corrected chi connectivity index (χ0v) is 16.6. The molecular weight excluding hydrogens is 384 g/mol. The summed E-state index contributed by atoms with van der Waals surface area (Å²) >= 11 is 0. The molecule has 152 valence electrons. The Kier molecular flexibility index (Phi) is 5.56. The van der Waals surface area contributed by atoms with Gasteiger partial charge in [0.2, 0.25) is 0 Å². The van der Waals surface area contributed by atoms with Gasteiger partial charge in [0.1, 0.15) is 17.0 Å². The Labute approximate surface area is 173 Å². The standard InChI is InChI=1S/C22H20N4O4/c1-3-19-23-20(30-25-19)14-29-22(27)18-13-26(16-7-5-4-6-8-16)24-21(18)15-9-11-17(28-2)12-10-15/h4-13H,3,14H2,1-2H3. The average Bonchev–Trinajstić information content (AvgIpc) is 3.45. The molecule has 30 heavy (non-hydrogen) atoms. The quantitative estimate of drug-likeness (QED) is 0.432. The van der Waals surface area contributed by atoms with Crippen LogP contribution in [0.1, 0.15) is 29.0 Å². The molecule has 8 heteroatoms. The number of carbonyl (C=O) groups excluding carboxylic acids is 1. The minimum atomic E-state index is -0.528. The van der Waals surface area contributed by atoms with E-state index >= 15 is 0 Å². The molecule has 0 saturated heterocycles. The summed E-state index contributed by atoms with van der Waals surface area (Å²) in [5, 5.41) is 8.43. The molecule has 0 atom stereocenters.